The van der Waals surface area contributed by atoms with Crippen molar-refractivity contribution in [2.75, 3.05) is 14.7 Å². The van der Waals surface area contributed by atoms with E-state index in [2.05, 4.69) is 281 Å². The largest absolute Gasteiger partial charge is 0.334 e. The number of para-hydroxylation sites is 1. The van der Waals surface area contributed by atoms with Crippen molar-refractivity contribution in [1.29, 1.82) is 0 Å². The second kappa shape index (κ2) is 17.5. The first-order valence-corrected chi connectivity index (χ1v) is 32.8. The van der Waals surface area contributed by atoms with Crippen molar-refractivity contribution in [1.82, 2.24) is 4.57 Å². The molecule has 0 amide bonds. The Balaban J connectivity index is 1.05. The van der Waals surface area contributed by atoms with Crippen LogP contribution in [0.1, 0.15) is 194 Å². The monoisotopic (exact) mass is 1130 g/mol. The molecule has 0 N–H and O–H groups in total. The van der Waals surface area contributed by atoms with E-state index in [0.29, 0.717) is 0 Å². The van der Waals surface area contributed by atoms with Gasteiger partial charge >= 0.3 is 0 Å². The average Bonchev–Trinajstić information content (AvgIpc) is 1.43. The number of hydrogen-bond donors (Lipinski definition) is 0. The topological polar surface area (TPSA) is 14.7 Å². The highest BCUT2D eigenvalue weighted by atomic mass is 15.3. The number of nitrogens with zero attached hydrogens (tertiary/aromatic N) is 4. The lowest BCUT2D eigenvalue weighted by Gasteiger charge is -2.51. The molecule has 0 bridgehead atoms. The summed E-state index contributed by atoms with van der Waals surface area (Å²) in [5.74, 6) is 0. The lowest BCUT2D eigenvalue weighted by atomic mass is 9.33. The molecule has 4 nitrogen and oxygen atoms in total. The summed E-state index contributed by atoms with van der Waals surface area (Å²) >= 11 is 0. The van der Waals surface area contributed by atoms with Crippen LogP contribution in [0.3, 0.4) is 0 Å². The van der Waals surface area contributed by atoms with Gasteiger partial charge in [-0.05, 0) is 165 Å². The van der Waals surface area contributed by atoms with Crippen molar-refractivity contribution in [3.63, 3.8) is 0 Å². The maximum absolute atomic E-state index is 2.88. The highest BCUT2D eigenvalue weighted by Crippen LogP contribution is 2.65. The Morgan fingerprint density at radius 1 is 0.407 bits per heavy atom. The Morgan fingerprint density at radius 2 is 0.942 bits per heavy atom. The molecule has 4 aliphatic heterocycles. The van der Waals surface area contributed by atoms with Crippen molar-refractivity contribution in [2.24, 2.45) is 0 Å². The Hall–Kier alpha value is -7.24. The first kappa shape index (κ1) is 54.2. The summed E-state index contributed by atoms with van der Waals surface area (Å²) < 4.78 is 2.78. The zero-order valence-electron chi connectivity index (χ0n) is 54.0. The molecule has 4 atom stereocenters. The Bertz CT molecular complexity index is 4380. The van der Waals surface area contributed by atoms with Crippen LogP contribution in [-0.4, -0.2) is 22.4 Å². The third-order valence-corrected chi connectivity index (χ3v) is 23.9. The minimum atomic E-state index is -0.202. The predicted molar refractivity (Wildman–Crippen MR) is 367 cm³/mol. The summed E-state index contributed by atoms with van der Waals surface area (Å²) in [6.45, 7) is 36.8. The van der Waals surface area contributed by atoms with Gasteiger partial charge in [0.15, 0.2) is 0 Å². The van der Waals surface area contributed by atoms with Crippen LogP contribution in [0.15, 0.2) is 158 Å². The highest BCUT2D eigenvalue weighted by Gasteiger charge is 2.60. The van der Waals surface area contributed by atoms with Crippen LogP contribution >= 0.6 is 0 Å². The zero-order valence-corrected chi connectivity index (χ0v) is 54.0. The molecule has 4 unspecified atom stereocenters. The normalized spacial score (nSPS) is 23.8. The van der Waals surface area contributed by atoms with E-state index in [-0.39, 0.29) is 50.3 Å². The Kier molecular flexibility index (Phi) is 11.0. The van der Waals surface area contributed by atoms with Crippen molar-refractivity contribution < 1.29 is 0 Å². The molecule has 16 rings (SSSR count). The quantitative estimate of drug-likeness (QED) is 0.163. The van der Waals surface area contributed by atoms with Crippen molar-refractivity contribution >= 4 is 73.8 Å². The van der Waals surface area contributed by atoms with Crippen molar-refractivity contribution in [3.05, 3.63) is 197 Å². The van der Waals surface area contributed by atoms with Gasteiger partial charge in [0.05, 0.1) is 22.5 Å². The van der Waals surface area contributed by atoms with Crippen LogP contribution < -0.4 is 31.1 Å². The molecular weight excluding hydrogens is 1040 g/mol. The minimum Gasteiger partial charge on any atom is -0.334 e. The number of rotatable bonds is 4. The fraction of sp³-hybridized carbons (Fsp3) is 0.383. The molecule has 5 heteroatoms. The maximum Gasteiger partial charge on any atom is 0.252 e. The molecule has 7 aliphatic rings. The van der Waals surface area contributed by atoms with Crippen LogP contribution in [0, 0.1) is 0 Å². The number of fused-ring (bicyclic) bond motifs is 15. The van der Waals surface area contributed by atoms with Crippen molar-refractivity contribution in [2.45, 2.75) is 199 Å². The maximum atomic E-state index is 2.88. The molecule has 3 aliphatic carbocycles. The Labute approximate surface area is 513 Å². The second-order valence-corrected chi connectivity index (χ2v) is 32.0. The standard InChI is InChI=1S/C81H87BN4/c1-74(2,3)51-32-37-64(58(44-51)50-26-17-16-18-27-50)83-67-47-54(85-65-38-33-52(75(4,5)6)45-60(65)78(12)40-21-23-42-80(78,85)14)35-36-62(67)82-63-31-25-29-57-70-73(56-28-19-20-30-59(56)77(70,10)11)84(72(57)63)69-49-55(48-68(83)71(69)82)86-66-39-34-53(76(7,8)9)46-61(66)79(13)41-22-24-43-81(79,86)15/h16-20,25-39,44-49H,21-24,40-43H2,1-15H3. The average molecular weight is 1130 g/mol. The summed E-state index contributed by atoms with van der Waals surface area (Å²) in [4.78, 5) is 8.49. The van der Waals surface area contributed by atoms with Crippen LogP contribution in [-0.2, 0) is 32.5 Å². The summed E-state index contributed by atoms with van der Waals surface area (Å²) in [6.07, 6.45) is 9.56. The minimum absolute atomic E-state index is 0.0162. The van der Waals surface area contributed by atoms with Gasteiger partial charge < -0.3 is 19.3 Å². The summed E-state index contributed by atoms with van der Waals surface area (Å²) in [5.41, 5.74) is 30.6. The molecule has 5 heterocycles. The smallest absolute Gasteiger partial charge is 0.252 e. The molecule has 9 aromatic rings. The fourth-order valence-electron chi connectivity index (χ4n) is 18.7. The van der Waals surface area contributed by atoms with Crippen LogP contribution in [0.25, 0.3) is 39.0 Å². The molecule has 434 valence electrons. The molecule has 0 saturated heterocycles. The van der Waals surface area contributed by atoms with Gasteiger partial charge in [0.2, 0.25) is 0 Å². The van der Waals surface area contributed by atoms with Gasteiger partial charge in [0, 0.05) is 78.1 Å². The molecule has 2 fully saturated rings. The van der Waals surface area contributed by atoms with Crippen molar-refractivity contribution in [3.8, 4) is 28.1 Å². The first-order chi connectivity index (χ1) is 40.8. The van der Waals surface area contributed by atoms with E-state index >= 15 is 0 Å². The molecular formula is C81H87BN4. The van der Waals surface area contributed by atoms with Gasteiger partial charge in [0.1, 0.15) is 0 Å². The lowest BCUT2D eigenvalue weighted by Crippen LogP contribution is -2.61. The molecule has 86 heavy (non-hydrogen) atoms. The third-order valence-electron chi connectivity index (χ3n) is 23.9. The van der Waals surface area contributed by atoms with E-state index in [9.17, 15) is 0 Å². The lowest BCUT2D eigenvalue weighted by molar-refractivity contribution is 0.195. The molecule has 2 saturated carbocycles. The molecule has 0 spiro atoms. The second-order valence-electron chi connectivity index (χ2n) is 32.0. The van der Waals surface area contributed by atoms with Gasteiger partial charge in [-0.3, -0.25) is 0 Å². The van der Waals surface area contributed by atoms with E-state index < -0.39 is 0 Å². The zero-order chi connectivity index (χ0) is 59.8. The summed E-state index contributed by atoms with van der Waals surface area (Å²) in [6, 6.07) is 63.8. The number of aromatic nitrogens is 1. The van der Waals surface area contributed by atoms with E-state index in [0.717, 1.165) is 12.8 Å². The number of hydrogen-bond acceptors (Lipinski definition) is 3. The Morgan fingerprint density at radius 3 is 1.56 bits per heavy atom. The summed E-state index contributed by atoms with van der Waals surface area (Å²) in [7, 11) is 0. The SMILES string of the molecule is CC(C)(C)c1ccc(N2c3cc(N4c5ccc(C(C)(C)C)cc5C5(C)CCCCC45C)ccc3B3c4c2cc(N2c5ccc(C(C)(C)C)cc5C5(C)CCCCC25C)cc4-n2c4c(c5cccc3c52)C(C)(C)c2ccccc2-4)c(-c2ccccc2)c1. The van der Waals surface area contributed by atoms with Gasteiger partial charge in [-0.15, -0.1) is 0 Å². The van der Waals surface area contributed by atoms with Crippen LogP contribution in [0.5, 0.6) is 0 Å². The van der Waals surface area contributed by atoms with Gasteiger partial charge in [-0.2, -0.15) is 0 Å². The van der Waals surface area contributed by atoms with E-state index in [1.165, 1.54) is 173 Å². The van der Waals surface area contributed by atoms with Gasteiger partial charge in [-0.25, -0.2) is 0 Å². The third kappa shape index (κ3) is 6.95. The predicted octanol–water partition coefficient (Wildman–Crippen LogP) is 19.6. The number of anilines is 7. The molecule has 8 aromatic carbocycles. The fourth-order valence-corrected chi connectivity index (χ4v) is 18.7. The van der Waals surface area contributed by atoms with Crippen LogP contribution in [0.4, 0.5) is 39.8 Å². The molecule has 0 radical (unpaired) electrons. The van der Waals surface area contributed by atoms with E-state index in [1.807, 2.05) is 0 Å². The first-order valence-electron chi connectivity index (χ1n) is 32.8. The van der Waals surface area contributed by atoms with E-state index in [1.54, 1.807) is 0 Å². The molecule has 1 aromatic heterocycles. The summed E-state index contributed by atoms with van der Waals surface area (Å²) in [5, 5.41) is 1.38. The van der Waals surface area contributed by atoms with Gasteiger partial charge in [0.25, 0.3) is 6.71 Å². The van der Waals surface area contributed by atoms with E-state index in [4.69, 9.17) is 0 Å². The van der Waals surface area contributed by atoms with Gasteiger partial charge in [-0.1, -0.05) is 225 Å². The van der Waals surface area contributed by atoms with Crippen LogP contribution in [0.2, 0.25) is 0 Å². The highest BCUT2D eigenvalue weighted by molar-refractivity contribution is 7.00. The number of benzene rings is 8.